The number of nitrogens with zero attached hydrogens (tertiary/aromatic N) is 1. The molecule has 4 N–H and O–H groups in total. The topological polar surface area (TPSA) is 77.5 Å². The Morgan fingerprint density at radius 1 is 0.614 bits per heavy atom. The minimum Gasteiger partial charge on any atom is -0.456 e. The quantitative estimate of drug-likeness (QED) is 0.154. The molecule has 44 heavy (non-hydrogen) atoms. The number of nitrogens with two attached hydrogens (primary N) is 2. The van der Waals surface area contributed by atoms with Crippen molar-refractivity contribution >= 4 is 27.8 Å². The van der Waals surface area contributed by atoms with E-state index in [9.17, 15) is 0 Å². The highest BCUT2D eigenvalue weighted by atomic mass is 16.3. The first kappa shape index (κ1) is 28.7. The van der Waals surface area contributed by atoms with Crippen molar-refractivity contribution in [1.82, 2.24) is 0 Å². The summed E-state index contributed by atoms with van der Waals surface area (Å²) in [4.78, 5) is 4.71. The van der Waals surface area contributed by atoms with Gasteiger partial charge < -0.3 is 15.9 Å². The van der Waals surface area contributed by atoms with Crippen molar-refractivity contribution in [2.45, 2.75) is 20.0 Å². The number of hydrogen-bond acceptors (Lipinski definition) is 3. The van der Waals surface area contributed by atoms with Gasteiger partial charge in [-0.15, -0.1) is 0 Å². The molecule has 0 saturated heterocycles. The normalized spacial score (nSPS) is 11.4. The molecule has 6 aromatic carbocycles. The van der Waals surface area contributed by atoms with Gasteiger partial charge in [0, 0.05) is 22.9 Å². The van der Waals surface area contributed by atoms with Gasteiger partial charge in [0.05, 0.1) is 6.54 Å². The fraction of sp³-hybridized carbons (Fsp3) is 0.0750. The van der Waals surface area contributed by atoms with Gasteiger partial charge in [-0.1, -0.05) is 133 Å². The summed E-state index contributed by atoms with van der Waals surface area (Å²) in [5, 5.41) is 2.18. The number of aryl methyl sites for hydroxylation is 1. The van der Waals surface area contributed by atoms with Crippen molar-refractivity contribution < 1.29 is 4.42 Å². The molecule has 4 heteroatoms. The molecule has 0 aliphatic heterocycles. The summed E-state index contributed by atoms with van der Waals surface area (Å²) in [6.45, 7) is 3.30. The predicted molar refractivity (Wildman–Crippen MR) is 185 cm³/mol. The first-order chi connectivity index (χ1) is 21.6. The zero-order chi connectivity index (χ0) is 30.3. The largest absolute Gasteiger partial charge is 0.456 e. The molecular weight excluding hydrogens is 538 g/mol. The minimum atomic E-state index is 0.528. The van der Waals surface area contributed by atoms with Gasteiger partial charge in [0.15, 0.2) is 0 Å². The number of amidine groups is 1. The van der Waals surface area contributed by atoms with Crippen molar-refractivity contribution in [1.29, 1.82) is 0 Å². The van der Waals surface area contributed by atoms with Crippen molar-refractivity contribution in [3.8, 4) is 22.3 Å². The number of rotatable bonds is 6. The van der Waals surface area contributed by atoms with Gasteiger partial charge in [-0.2, -0.15) is 0 Å². The van der Waals surface area contributed by atoms with E-state index in [1.54, 1.807) is 0 Å². The van der Waals surface area contributed by atoms with E-state index in [0.29, 0.717) is 18.9 Å². The Morgan fingerprint density at radius 2 is 1.27 bits per heavy atom. The molecule has 0 radical (unpaired) electrons. The van der Waals surface area contributed by atoms with Crippen LogP contribution < -0.4 is 11.5 Å². The molecule has 7 aromatic rings. The average Bonchev–Trinajstić information content (AvgIpc) is 3.46. The molecule has 1 heterocycles. The Kier molecular flexibility index (Phi) is 8.62. The van der Waals surface area contributed by atoms with E-state index < -0.39 is 0 Å². The first-order valence-corrected chi connectivity index (χ1v) is 14.8. The highest BCUT2D eigenvalue weighted by molar-refractivity contribution is 6.15. The average molecular weight is 574 g/mol. The maximum absolute atomic E-state index is 6.55. The van der Waals surface area contributed by atoms with Gasteiger partial charge in [-0.25, -0.2) is 0 Å². The fourth-order valence-electron chi connectivity index (χ4n) is 5.46. The first-order valence-electron chi connectivity index (χ1n) is 14.8. The molecule has 0 saturated carbocycles. The van der Waals surface area contributed by atoms with Crippen LogP contribution in [-0.4, -0.2) is 5.84 Å². The Balaban J connectivity index is 0.000000374. The van der Waals surface area contributed by atoms with E-state index in [0.717, 1.165) is 44.2 Å². The SMILES string of the molecule is Cc1cccc(-c2ccc3oc4cccc(-c5ccccc5C(N)=NCc5ccccc5)c4c3c2)c1.NCc1ccccc1. The van der Waals surface area contributed by atoms with Crippen LogP contribution in [-0.2, 0) is 13.1 Å². The van der Waals surface area contributed by atoms with Crippen LogP contribution in [0.2, 0.25) is 0 Å². The van der Waals surface area contributed by atoms with Gasteiger partial charge in [0.2, 0.25) is 0 Å². The molecule has 0 amide bonds. The molecule has 0 bridgehead atoms. The summed E-state index contributed by atoms with van der Waals surface area (Å²) in [5.74, 6) is 0.528. The van der Waals surface area contributed by atoms with Crippen molar-refractivity contribution in [2.24, 2.45) is 16.5 Å². The molecule has 0 fully saturated rings. The lowest BCUT2D eigenvalue weighted by Gasteiger charge is -2.11. The number of fused-ring (bicyclic) bond motifs is 3. The summed E-state index contributed by atoms with van der Waals surface area (Å²) >= 11 is 0. The zero-order valence-electron chi connectivity index (χ0n) is 24.8. The molecule has 0 aliphatic rings. The van der Waals surface area contributed by atoms with E-state index in [4.69, 9.17) is 20.9 Å². The van der Waals surface area contributed by atoms with Crippen LogP contribution in [0, 0.1) is 6.92 Å². The zero-order valence-corrected chi connectivity index (χ0v) is 24.8. The molecule has 1 aromatic heterocycles. The molecule has 0 atom stereocenters. The Morgan fingerprint density at radius 3 is 2.00 bits per heavy atom. The minimum absolute atomic E-state index is 0.528. The standard InChI is InChI=1S/C33H26N2O.C7H9N/c1-22-9-7-12-24(19-22)25-17-18-30-29(20-25)32-27(15-8-16-31(32)36-30)26-13-5-6-14-28(26)33(34)35-21-23-10-3-2-4-11-23;8-6-7-4-2-1-3-5-7/h2-20H,21H2,1H3,(H2,34,35);1-5H,6,8H2. The summed E-state index contributed by atoms with van der Waals surface area (Å²) in [7, 11) is 0. The molecule has 4 nitrogen and oxygen atoms in total. The van der Waals surface area contributed by atoms with Crippen LogP contribution >= 0.6 is 0 Å². The molecule has 0 unspecified atom stereocenters. The van der Waals surface area contributed by atoms with Crippen LogP contribution in [0.5, 0.6) is 0 Å². The van der Waals surface area contributed by atoms with E-state index in [1.807, 2.05) is 78.9 Å². The van der Waals surface area contributed by atoms with Crippen LogP contribution in [0.1, 0.15) is 22.3 Å². The molecule has 0 aliphatic carbocycles. The summed E-state index contributed by atoms with van der Waals surface area (Å²) in [5.41, 5.74) is 22.6. The highest BCUT2D eigenvalue weighted by Gasteiger charge is 2.16. The lowest BCUT2D eigenvalue weighted by atomic mass is 9.94. The van der Waals surface area contributed by atoms with Gasteiger partial charge in [-0.05, 0) is 58.5 Å². The Hall–Kier alpha value is -5.45. The van der Waals surface area contributed by atoms with Crippen molar-refractivity contribution in [3.05, 3.63) is 168 Å². The Bertz CT molecular complexity index is 2040. The second-order valence-electron chi connectivity index (χ2n) is 10.8. The Labute approximate surface area is 258 Å². The van der Waals surface area contributed by atoms with Crippen LogP contribution in [0.3, 0.4) is 0 Å². The predicted octanol–water partition coefficient (Wildman–Crippen LogP) is 9.28. The fourth-order valence-corrected chi connectivity index (χ4v) is 5.46. The maximum atomic E-state index is 6.55. The van der Waals surface area contributed by atoms with E-state index in [-0.39, 0.29) is 0 Å². The van der Waals surface area contributed by atoms with Crippen molar-refractivity contribution in [2.75, 3.05) is 0 Å². The monoisotopic (exact) mass is 573 g/mol. The van der Waals surface area contributed by atoms with Gasteiger partial charge >= 0.3 is 0 Å². The maximum Gasteiger partial charge on any atom is 0.136 e. The second kappa shape index (κ2) is 13.2. The third-order valence-electron chi connectivity index (χ3n) is 7.69. The highest BCUT2D eigenvalue weighted by Crippen LogP contribution is 2.39. The van der Waals surface area contributed by atoms with Gasteiger partial charge in [-0.3, -0.25) is 4.99 Å². The summed E-state index contributed by atoms with van der Waals surface area (Å²) < 4.78 is 6.27. The van der Waals surface area contributed by atoms with Crippen LogP contribution in [0.15, 0.2) is 155 Å². The number of furan rings is 1. The van der Waals surface area contributed by atoms with E-state index in [1.165, 1.54) is 22.3 Å². The lowest BCUT2D eigenvalue weighted by Crippen LogP contribution is -2.15. The summed E-state index contributed by atoms with van der Waals surface area (Å²) in [6.07, 6.45) is 0. The number of hydrogen-bond donors (Lipinski definition) is 2. The lowest BCUT2D eigenvalue weighted by molar-refractivity contribution is 0.669. The van der Waals surface area contributed by atoms with Crippen LogP contribution in [0.25, 0.3) is 44.2 Å². The number of benzene rings is 6. The van der Waals surface area contributed by atoms with Crippen molar-refractivity contribution in [3.63, 3.8) is 0 Å². The summed E-state index contributed by atoms with van der Waals surface area (Å²) in [6, 6.07) is 49.6. The van der Waals surface area contributed by atoms with Gasteiger partial charge in [0.1, 0.15) is 17.0 Å². The smallest absolute Gasteiger partial charge is 0.136 e. The molecular formula is C40H35N3O. The van der Waals surface area contributed by atoms with E-state index >= 15 is 0 Å². The third kappa shape index (κ3) is 6.31. The molecule has 216 valence electrons. The number of aliphatic imine (C=N–C) groups is 1. The molecule has 7 rings (SSSR count). The van der Waals surface area contributed by atoms with E-state index in [2.05, 4.69) is 73.7 Å². The van der Waals surface area contributed by atoms with Crippen LogP contribution in [0.4, 0.5) is 0 Å². The molecule has 0 spiro atoms. The second-order valence-corrected chi connectivity index (χ2v) is 10.8. The van der Waals surface area contributed by atoms with Gasteiger partial charge in [0.25, 0.3) is 0 Å². The third-order valence-corrected chi connectivity index (χ3v) is 7.69.